The van der Waals surface area contributed by atoms with Crippen molar-refractivity contribution < 1.29 is 23.6 Å². The van der Waals surface area contributed by atoms with Gasteiger partial charge in [-0.1, -0.05) is 47.5 Å². The van der Waals surface area contributed by atoms with Crippen molar-refractivity contribution in [1.82, 2.24) is 10.5 Å². The molecule has 2 N–H and O–H groups in total. The normalized spacial score (nSPS) is 13.6. The standard InChI is InChI=1S/C15H15Cl2FN2O4/c1-23-12-6-11(24-20-12)8-2-4-9(5-3-8)13(21)10(7-18)19-15(22)14(16)17/h2-6,10,13-14,21H,7H2,1H3,(H,19,22)/t10-,13-/m1/s1. The summed E-state index contributed by atoms with van der Waals surface area (Å²) < 4.78 is 23.1. The Morgan fingerprint density at radius 1 is 1.42 bits per heavy atom. The topological polar surface area (TPSA) is 84.6 Å². The van der Waals surface area contributed by atoms with Gasteiger partial charge in [-0.25, -0.2) is 4.39 Å². The van der Waals surface area contributed by atoms with Gasteiger partial charge < -0.3 is 19.7 Å². The molecule has 0 aliphatic heterocycles. The fourth-order valence-corrected chi connectivity index (χ4v) is 2.14. The molecule has 0 radical (unpaired) electrons. The molecule has 6 nitrogen and oxygen atoms in total. The number of methoxy groups -OCH3 is 1. The van der Waals surface area contributed by atoms with Gasteiger partial charge in [0.2, 0.25) is 0 Å². The quantitative estimate of drug-likeness (QED) is 0.725. The molecule has 130 valence electrons. The highest BCUT2D eigenvalue weighted by atomic mass is 35.5. The largest absolute Gasteiger partial charge is 0.479 e. The third-order valence-electron chi connectivity index (χ3n) is 3.31. The minimum atomic E-state index is -1.34. The fourth-order valence-electron chi connectivity index (χ4n) is 2.02. The molecule has 2 aromatic rings. The Kier molecular flexibility index (Phi) is 6.42. The van der Waals surface area contributed by atoms with Crippen LogP contribution in [0.3, 0.4) is 0 Å². The lowest BCUT2D eigenvalue weighted by molar-refractivity contribution is -0.121. The summed E-state index contributed by atoms with van der Waals surface area (Å²) in [5.74, 6) is 0.0479. The maximum atomic E-state index is 13.1. The van der Waals surface area contributed by atoms with Crippen molar-refractivity contribution in [3.05, 3.63) is 35.9 Å². The first-order valence-corrected chi connectivity index (χ1v) is 7.77. The van der Waals surface area contributed by atoms with Gasteiger partial charge in [-0.05, 0) is 10.7 Å². The highest BCUT2D eigenvalue weighted by molar-refractivity contribution is 6.53. The zero-order valence-electron chi connectivity index (χ0n) is 12.6. The summed E-state index contributed by atoms with van der Waals surface area (Å²) in [4.78, 5) is 10.1. The number of aliphatic hydroxyl groups is 1. The first-order valence-electron chi connectivity index (χ1n) is 6.90. The van der Waals surface area contributed by atoms with Crippen LogP contribution in [0.2, 0.25) is 0 Å². The SMILES string of the molecule is COc1cc(-c2ccc([C@@H](O)[C@@H](CF)NC(=O)C(Cl)Cl)cc2)on1. The average molecular weight is 377 g/mol. The Hall–Kier alpha value is -1.83. The van der Waals surface area contributed by atoms with Crippen LogP contribution in [0.25, 0.3) is 11.3 Å². The maximum Gasteiger partial charge on any atom is 0.254 e. The van der Waals surface area contributed by atoms with Gasteiger partial charge in [0.05, 0.1) is 13.2 Å². The summed E-state index contributed by atoms with van der Waals surface area (Å²) in [6.07, 6.45) is -1.26. The van der Waals surface area contributed by atoms with Gasteiger partial charge in [0.1, 0.15) is 12.8 Å². The summed E-state index contributed by atoms with van der Waals surface area (Å²) in [5.41, 5.74) is 1.11. The predicted octanol–water partition coefficient (Wildman–Crippen LogP) is 2.64. The summed E-state index contributed by atoms with van der Waals surface area (Å²) in [6.45, 7) is -0.978. The zero-order chi connectivity index (χ0) is 17.7. The maximum absolute atomic E-state index is 13.1. The molecule has 0 spiro atoms. The van der Waals surface area contributed by atoms with Crippen LogP contribution in [0, 0.1) is 0 Å². The van der Waals surface area contributed by atoms with Gasteiger partial charge in [0.25, 0.3) is 11.8 Å². The Morgan fingerprint density at radius 2 is 2.08 bits per heavy atom. The van der Waals surface area contributed by atoms with Gasteiger partial charge in [-0.15, -0.1) is 0 Å². The molecule has 24 heavy (non-hydrogen) atoms. The van der Waals surface area contributed by atoms with Crippen LogP contribution >= 0.6 is 23.2 Å². The molecule has 1 aromatic heterocycles. The number of nitrogens with zero attached hydrogens (tertiary/aromatic N) is 1. The Labute approximate surface area is 147 Å². The molecular formula is C15H15Cl2FN2O4. The van der Waals surface area contributed by atoms with Gasteiger partial charge in [0, 0.05) is 11.6 Å². The van der Waals surface area contributed by atoms with E-state index in [9.17, 15) is 14.3 Å². The predicted molar refractivity (Wildman–Crippen MR) is 86.9 cm³/mol. The third kappa shape index (κ3) is 4.37. The Morgan fingerprint density at radius 3 is 2.58 bits per heavy atom. The number of hydrogen-bond acceptors (Lipinski definition) is 5. The van der Waals surface area contributed by atoms with Crippen molar-refractivity contribution in [1.29, 1.82) is 0 Å². The molecule has 0 aliphatic rings. The molecule has 1 aromatic carbocycles. The number of ether oxygens (including phenoxy) is 1. The van der Waals surface area contributed by atoms with Crippen molar-refractivity contribution in [2.75, 3.05) is 13.8 Å². The second-order valence-corrected chi connectivity index (χ2v) is 5.97. The number of carbonyl (C=O) groups is 1. The number of aromatic nitrogens is 1. The van der Waals surface area contributed by atoms with E-state index in [0.29, 0.717) is 22.8 Å². The first-order chi connectivity index (χ1) is 11.5. The number of amides is 1. The summed E-state index contributed by atoms with van der Waals surface area (Å²) in [5, 5.41) is 16.2. The Bertz CT molecular complexity index is 678. The number of alkyl halides is 3. The second-order valence-electron chi connectivity index (χ2n) is 4.87. The highest BCUT2D eigenvalue weighted by Crippen LogP contribution is 2.26. The second kappa shape index (κ2) is 8.32. The van der Waals surface area contributed by atoms with E-state index in [2.05, 4.69) is 10.5 Å². The molecule has 1 heterocycles. The van der Waals surface area contributed by atoms with Crippen LogP contribution in [0.1, 0.15) is 11.7 Å². The van der Waals surface area contributed by atoms with Crippen molar-refractivity contribution >= 4 is 29.1 Å². The van der Waals surface area contributed by atoms with Crippen LogP contribution in [-0.2, 0) is 4.79 Å². The average Bonchev–Trinajstić information content (AvgIpc) is 3.08. The molecule has 0 fully saturated rings. The zero-order valence-corrected chi connectivity index (χ0v) is 14.1. The van der Waals surface area contributed by atoms with E-state index < -0.39 is 29.6 Å². The van der Waals surface area contributed by atoms with Crippen LogP contribution in [0.5, 0.6) is 5.88 Å². The van der Waals surface area contributed by atoms with E-state index in [-0.39, 0.29) is 0 Å². The van der Waals surface area contributed by atoms with E-state index in [1.54, 1.807) is 30.3 Å². The van der Waals surface area contributed by atoms with Gasteiger partial charge in [0.15, 0.2) is 10.6 Å². The fraction of sp³-hybridized carbons (Fsp3) is 0.333. The molecule has 0 saturated heterocycles. The van der Waals surface area contributed by atoms with E-state index in [0.717, 1.165) is 0 Å². The number of halogens is 3. The van der Waals surface area contributed by atoms with Crippen LogP contribution < -0.4 is 10.1 Å². The number of aliphatic hydroxyl groups excluding tert-OH is 1. The molecule has 9 heteroatoms. The number of hydrogen-bond donors (Lipinski definition) is 2. The minimum Gasteiger partial charge on any atom is -0.479 e. The lowest BCUT2D eigenvalue weighted by Crippen LogP contribution is -2.43. The lowest BCUT2D eigenvalue weighted by Gasteiger charge is -2.22. The number of nitrogens with one attached hydrogen (secondary N) is 1. The lowest BCUT2D eigenvalue weighted by atomic mass is 10.0. The van der Waals surface area contributed by atoms with Crippen molar-refractivity contribution in [2.45, 2.75) is 17.0 Å². The van der Waals surface area contributed by atoms with Crippen LogP contribution in [0.4, 0.5) is 4.39 Å². The number of benzene rings is 1. The molecule has 0 saturated carbocycles. The number of rotatable bonds is 7. The van der Waals surface area contributed by atoms with E-state index in [4.69, 9.17) is 32.5 Å². The minimum absolute atomic E-state index is 0.339. The molecule has 1 amide bonds. The van der Waals surface area contributed by atoms with Crippen LogP contribution in [-0.4, -0.2) is 40.8 Å². The van der Waals surface area contributed by atoms with E-state index >= 15 is 0 Å². The smallest absolute Gasteiger partial charge is 0.254 e. The van der Waals surface area contributed by atoms with E-state index in [1.807, 2.05) is 0 Å². The summed E-state index contributed by atoms with van der Waals surface area (Å²) in [6, 6.07) is 6.96. The van der Waals surface area contributed by atoms with E-state index in [1.165, 1.54) is 7.11 Å². The van der Waals surface area contributed by atoms with Crippen molar-refractivity contribution in [2.24, 2.45) is 0 Å². The molecule has 0 unspecified atom stereocenters. The summed E-state index contributed by atoms with van der Waals surface area (Å²) in [7, 11) is 1.47. The number of carbonyl (C=O) groups excluding carboxylic acids is 1. The van der Waals surface area contributed by atoms with Crippen molar-refractivity contribution in [3.8, 4) is 17.2 Å². The third-order valence-corrected chi connectivity index (χ3v) is 3.70. The molecule has 0 bridgehead atoms. The monoisotopic (exact) mass is 376 g/mol. The molecule has 2 atom stereocenters. The molecule has 2 rings (SSSR count). The van der Waals surface area contributed by atoms with Gasteiger partial charge in [-0.2, -0.15) is 0 Å². The molecular weight excluding hydrogens is 362 g/mol. The molecule has 0 aliphatic carbocycles. The highest BCUT2D eigenvalue weighted by Gasteiger charge is 2.25. The van der Waals surface area contributed by atoms with Crippen LogP contribution in [0.15, 0.2) is 34.9 Å². The summed E-state index contributed by atoms with van der Waals surface area (Å²) >= 11 is 10.8. The first kappa shape index (κ1) is 18.5. The van der Waals surface area contributed by atoms with Gasteiger partial charge >= 0.3 is 0 Å². The van der Waals surface area contributed by atoms with Gasteiger partial charge in [-0.3, -0.25) is 4.79 Å². The van der Waals surface area contributed by atoms with Crippen molar-refractivity contribution in [3.63, 3.8) is 0 Å². The Balaban J connectivity index is 2.12.